The highest BCUT2D eigenvalue weighted by Crippen LogP contribution is 2.22. The molecule has 2 fully saturated rings. The number of nitrogens with zero attached hydrogens (tertiary/aromatic N) is 2. The lowest BCUT2D eigenvalue weighted by molar-refractivity contribution is 0.0853. The molecule has 1 aromatic heterocycles. The van der Waals surface area contributed by atoms with Crippen molar-refractivity contribution in [3.05, 3.63) is 53.9 Å². The van der Waals surface area contributed by atoms with Crippen LogP contribution in [0.3, 0.4) is 0 Å². The first kappa shape index (κ1) is 19.4. The summed E-state index contributed by atoms with van der Waals surface area (Å²) in [5.74, 6) is -0.570. The van der Waals surface area contributed by atoms with Crippen LogP contribution in [-0.2, 0) is 4.74 Å². The Balaban J connectivity index is 1.35. The molecule has 1 atom stereocenters. The summed E-state index contributed by atoms with van der Waals surface area (Å²) in [5, 5.41) is 5.71. The zero-order valence-electron chi connectivity index (χ0n) is 16.4. The Labute approximate surface area is 170 Å². The third kappa shape index (κ3) is 4.92. The van der Waals surface area contributed by atoms with Crippen LogP contribution in [0.5, 0.6) is 0 Å². The van der Waals surface area contributed by atoms with Gasteiger partial charge in [0.15, 0.2) is 0 Å². The number of benzene rings is 1. The van der Waals surface area contributed by atoms with Gasteiger partial charge in [0.2, 0.25) is 0 Å². The fraction of sp³-hybridized carbons (Fsp3) is 0.409. The Morgan fingerprint density at radius 3 is 2.59 bits per heavy atom. The van der Waals surface area contributed by atoms with Gasteiger partial charge in [0.05, 0.1) is 6.10 Å². The van der Waals surface area contributed by atoms with Gasteiger partial charge in [-0.25, -0.2) is 0 Å². The normalized spacial score (nSPS) is 18.6. The van der Waals surface area contributed by atoms with Gasteiger partial charge in [0, 0.05) is 49.4 Å². The summed E-state index contributed by atoms with van der Waals surface area (Å²) < 4.78 is 5.51. The molecule has 1 unspecified atom stereocenters. The van der Waals surface area contributed by atoms with Crippen molar-refractivity contribution in [3.63, 3.8) is 0 Å². The van der Waals surface area contributed by atoms with Gasteiger partial charge in [-0.1, -0.05) is 0 Å². The fourth-order valence-electron chi connectivity index (χ4n) is 3.73. The quantitative estimate of drug-likeness (QED) is 0.787. The van der Waals surface area contributed by atoms with Gasteiger partial charge < -0.3 is 20.3 Å². The molecule has 0 saturated carbocycles. The van der Waals surface area contributed by atoms with Gasteiger partial charge in [0.1, 0.15) is 5.69 Å². The van der Waals surface area contributed by atoms with E-state index in [2.05, 4.69) is 20.5 Å². The maximum absolute atomic E-state index is 12.6. The van der Waals surface area contributed by atoms with Gasteiger partial charge in [-0.15, -0.1) is 0 Å². The monoisotopic (exact) mass is 394 g/mol. The van der Waals surface area contributed by atoms with Crippen LogP contribution in [0.15, 0.2) is 42.6 Å². The number of hydrogen-bond acceptors (Lipinski definition) is 5. The molecule has 0 spiro atoms. The van der Waals surface area contributed by atoms with Crippen molar-refractivity contribution in [1.29, 1.82) is 0 Å². The number of carbonyl (C=O) groups is 2. The van der Waals surface area contributed by atoms with Crippen molar-refractivity contribution < 1.29 is 14.3 Å². The smallest absolute Gasteiger partial charge is 0.269 e. The number of ether oxygens (including phenoxy) is 1. The molecule has 2 aromatic rings. The highest BCUT2D eigenvalue weighted by molar-refractivity contribution is 6.05. The molecule has 7 nitrogen and oxygen atoms in total. The largest absolute Gasteiger partial charge is 0.376 e. The van der Waals surface area contributed by atoms with E-state index in [1.165, 1.54) is 30.8 Å². The van der Waals surface area contributed by atoms with Gasteiger partial charge in [-0.2, -0.15) is 0 Å². The molecule has 29 heavy (non-hydrogen) atoms. The molecule has 0 bridgehead atoms. The standard InChI is InChI=1S/C22H26N4O3/c27-21(25-17-5-7-18(8-6-17)26-11-1-2-12-26)16-9-10-23-20(14-16)22(28)24-15-19-4-3-13-29-19/h5-10,14,19H,1-4,11-13,15H2,(H,24,28)(H,25,27). The van der Waals surface area contributed by atoms with Crippen LogP contribution in [0.4, 0.5) is 11.4 Å². The highest BCUT2D eigenvalue weighted by atomic mass is 16.5. The first-order chi connectivity index (χ1) is 14.2. The van der Waals surface area contributed by atoms with E-state index in [-0.39, 0.29) is 23.6 Å². The van der Waals surface area contributed by atoms with Crippen molar-refractivity contribution >= 4 is 23.2 Å². The number of pyridine rings is 1. The third-order valence-corrected chi connectivity index (χ3v) is 5.37. The van der Waals surface area contributed by atoms with Gasteiger partial charge >= 0.3 is 0 Å². The molecule has 2 aliphatic rings. The minimum Gasteiger partial charge on any atom is -0.376 e. The van der Waals surface area contributed by atoms with Crippen LogP contribution in [0, 0.1) is 0 Å². The van der Waals surface area contributed by atoms with E-state index < -0.39 is 0 Å². The summed E-state index contributed by atoms with van der Waals surface area (Å²) >= 11 is 0. The maximum Gasteiger partial charge on any atom is 0.269 e. The van der Waals surface area contributed by atoms with E-state index in [0.29, 0.717) is 12.1 Å². The van der Waals surface area contributed by atoms with Crippen LogP contribution in [0.2, 0.25) is 0 Å². The van der Waals surface area contributed by atoms with Gasteiger partial charge in [-0.05, 0) is 62.1 Å². The van der Waals surface area contributed by atoms with Gasteiger partial charge in [0.25, 0.3) is 11.8 Å². The molecule has 4 rings (SSSR count). The predicted octanol–water partition coefficient (Wildman–Crippen LogP) is 2.84. The molecule has 7 heteroatoms. The van der Waals surface area contributed by atoms with E-state index in [1.54, 1.807) is 6.07 Å². The van der Waals surface area contributed by atoms with E-state index >= 15 is 0 Å². The molecule has 0 radical (unpaired) electrons. The lowest BCUT2D eigenvalue weighted by atomic mass is 10.2. The van der Waals surface area contributed by atoms with Crippen LogP contribution in [0.1, 0.15) is 46.5 Å². The van der Waals surface area contributed by atoms with Crippen LogP contribution in [0.25, 0.3) is 0 Å². The number of aromatic nitrogens is 1. The second kappa shape index (κ2) is 9.05. The second-order valence-corrected chi connectivity index (χ2v) is 7.47. The van der Waals surface area contributed by atoms with E-state index in [4.69, 9.17) is 4.74 Å². The Kier molecular flexibility index (Phi) is 6.05. The van der Waals surface area contributed by atoms with Crippen molar-refractivity contribution in [2.45, 2.75) is 31.8 Å². The van der Waals surface area contributed by atoms with E-state index in [9.17, 15) is 9.59 Å². The maximum atomic E-state index is 12.6. The Morgan fingerprint density at radius 1 is 1.07 bits per heavy atom. The molecule has 1 aromatic carbocycles. The Hall–Kier alpha value is -2.93. The lowest BCUT2D eigenvalue weighted by Gasteiger charge is -2.17. The molecule has 2 saturated heterocycles. The van der Waals surface area contributed by atoms with E-state index in [1.807, 2.05) is 24.3 Å². The summed E-state index contributed by atoms with van der Waals surface area (Å²) in [6.45, 7) is 3.37. The first-order valence-corrected chi connectivity index (χ1v) is 10.2. The molecular weight excluding hydrogens is 368 g/mol. The van der Waals surface area contributed by atoms with Crippen LogP contribution >= 0.6 is 0 Å². The number of rotatable bonds is 6. The van der Waals surface area contributed by atoms with Crippen molar-refractivity contribution in [2.24, 2.45) is 0 Å². The van der Waals surface area contributed by atoms with Crippen molar-refractivity contribution in [3.8, 4) is 0 Å². The first-order valence-electron chi connectivity index (χ1n) is 10.2. The number of anilines is 2. The predicted molar refractivity (Wildman–Crippen MR) is 111 cm³/mol. The number of nitrogens with one attached hydrogen (secondary N) is 2. The minimum absolute atomic E-state index is 0.0639. The SMILES string of the molecule is O=C(Nc1ccc(N2CCCC2)cc1)c1ccnc(C(=O)NCC2CCCO2)c1. The lowest BCUT2D eigenvalue weighted by Crippen LogP contribution is -2.32. The summed E-state index contributed by atoms with van der Waals surface area (Å²) in [6.07, 6.45) is 5.97. The summed E-state index contributed by atoms with van der Waals surface area (Å²) in [7, 11) is 0. The highest BCUT2D eigenvalue weighted by Gasteiger charge is 2.18. The van der Waals surface area contributed by atoms with Crippen LogP contribution in [-0.4, -0.2) is 49.1 Å². The average molecular weight is 394 g/mol. The molecule has 2 aliphatic heterocycles. The molecular formula is C22H26N4O3. The van der Waals surface area contributed by atoms with Gasteiger partial charge in [-0.3, -0.25) is 14.6 Å². The Morgan fingerprint density at radius 2 is 1.86 bits per heavy atom. The molecule has 0 aliphatic carbocycles. The number of amides is 2. The summed E-state index contributed by atoms with van der Waals surface area (Å²) in [5.41, 5.74) is 2.51. The molecule has 152 valence electrons. The molecule has 3 heterocycles. The average Bonchev–Trinajstić information content (AvgIpc) is 3.47. The zero-order chi connectivity index (χ0) is 20.1. The fourth-order valence-corrected chi connectivity index (χ4v) is 3.73. The molecule has 2 amide bonds. The second-order valence-electron chi connectivity index (χ2n) is 7.47. The molecule has 2 N–H and O–H groups in total. The van der Waals surface area contributed by atoms with Crippen molar-refractivity contribution in [2.75, 3.05) is 36.5 Å². The van der Waals surface area contributed by atoms with Crippen LogP contribution < -0.4 is 15.5 Å². The third-order valence-electron chi connectivity index (χ3n) is 5.37. The number of carbonyl (C=O) groups excluding carboxylic acids is 2. The summed E-state index contributed by atoms with van der Waals surface area (Å²) in [4.78, 5) is 31.4. The Bertz CT molecular complexity index is 857. The minimum atomic E-state index is -0.301. The number of hydrogen-bond donors (Lipinski definition) is 2. The topological polar surface area (TPSA) is 83.6 Å². The van der Waals surface area contributed by atoms with E-state index in [0.717, 1.165) is 38.2 Å². The van der Waals surface area contributed by atoms with Crippen molar-refractivity contribution in [1.82, 2.24) is 10.3 Å². The zero-order valence-corrected chi connectivity index (χ0v) is 16.4. The summed E-state index contributed by atoms with van der Waals surface area (Å²) in [6, 6.07) is 11.0.